The molecule has 80 valence electrons. The van der Waals surface area contributed by atoms with Gasteiger partial charge in [0.05, 0.1) is 5.69 Å². The number of rotatable bonds is 2. The Labute approximate surface area is 84.9 Å². The largest absolute Gasteiger partial charge is 0.281 e. The van der Waals surface area contributed by atoms with Crippen molar-refractivity contribution < 1.29 is 18.8 Å². The first-order valence-corrected chi connectivity index (χ1v) is 4.57. The number of benzene rings is 1. The summed E-state index contributed by atoms with van der Waals surface area (Å²) in [5.74, 6) is -2.75. The standard InChI is InChI=1S/C10H9F2NO2/c11-8-4-3-7(5-9(8)12)13(15)10(14)6-1-2-6/h3-6,15H,1-2H2. The van der Waals surface area contributed by atoms with Crippen LogP contribution < -0.4 is 5.06 Å². The minimum Gasteiger partial charge on any atom is -0.281 e. The maximum Gasteiger partial charge on any atom is 0.253 e. The molecule has 1 aromatic rings. The van der Waals surface area contributed by atoms with Gasteiger partial charge in [0.2, 0.25) is 0 Å². The molecule has 0 spiro atoms. The second kappa shape index (κ2) is 3.58. The van der Waals surface area contributed by atoms with Gasteiger partial charge in [0.25, 0.3) is 5.91 Å². The zero-order valence-electron chi connectivity index (χ0n) is 7.78. The number of carbonyl (C=O) groups is 1. The predicted molar refractivity (Wildman–Crippen MR) is 48.4 cm³/mol. The molecule has 0 bridgehead atoms. The van der Waals surface area contributed by atoms with Crippen molar-refractivity contribution >= 4 is 11.6 Å². The average Bonchev–Trinajstić information content (AvgIpc) is 3.03. The van der Waals surface area contributed by atoms with E-state index in [0.717, 1.165) is 31.0 Å². The molecule has 1 aliphatic rings. The third kappa shape index (κ3) is 1.97. The minimum absolute atomic E-state index is 0.0502. The third-order valence-corrected chi connectivity index (χ3v) is 2.28. The quantitative estimate of drug-likeness (QED) is 0.603. The maximum absolute atomic E-state index is 12.8. The Morgan fingerprint density at radius 3 is 2.53 bits per heavy atom. The fourth-order valence-corrected chi connectivity index (χ4v) is 1.25. The van der Waals surface area contributed by atoms with Gasteiger partial charge in [-0.2, -0.15) is 5.06 Å². The summed E-state index contributed by atoms with van der Waals surface area (Å²) in [7, 11) is 0. The van der Waals surface area contributed by atoms with Crippen LogP contribution >= 0.6 is 0 Å². The number of halogens is 2. The first-order chi connectivity index (χ1) is 7.09. The number of hydroxylamine groups is 1. The minimum atomic E-state index is -1.09. The lowest BCUT2D eigenvalue weighted by atomic mass is 10.2. The summed E-state index contributed by atoms with van der Waals surface area (Å²) in [6, 6.07) is 2.81. The highest BCUT2D eigenvalue weighted by molar-refractivity contribution is 5.94. The van der Waals surface area contributed by atoms with Crippen molar-refractivity contribution in [1.82, 2.24) is 0 Å². The maximum atomic E-state index is 12.8. The molecule has 3 nitrogen and oxygen atoms in total. The first kappa shape index (κ1) is 10.0. The summed E-state index contributed by atoms with van der Waals surface area (Å²) in [6.07, 6.45) is 1.47. The van der Waals surface area contributed by atoms with Crippen LogP contribution in [-0.2, 0) is 4.79 Å². The molecule has 1 amide bonds. The molecule has 0 heterocycles. The van der Waals surface area contributed by atoms with Gasteiger partial charge in [-0.15, -0.1) is 0 Å². The van der Waals surface area contributed by atoms with Crippen molar-refractivity contribution in [2.45, 2.75) is 12.8 Å². The molecule has 1 aliphatic carbocycles. The fourth-order valence-electron chi connectivity index (χ4n) is 1.25. The molecule has 0 aromatic heterocycles. The molecule has 1 N–H and O–H groups in total. The Kier molecular flexibility index (Phi) is 2.40. The van der Waals surface area contributed by atoms with E-state index in [1.165, 1.54) is 0 Å². The number of hydrogen-bond donors (Lipinski definition) is 1. The topological polar surface area (TPSA) is 40.5 Å². The molecular formula is C10H9F2NO2. The van der Waals surface area contributed by atoms with Gasteiger partial charge in [0, 0.05) is 12.0 Å². The van der Waals surface area contributed by atoms with Crippen LogP contribution in [0.25, 0.3) is 0 Å². The molecule has 0 aliphatic heterocycles. The Morgan fingerprint density at radius 1 is 1.33 bits per heavy atom. The zero-order chi connectivity index (χ0) is 11.0. The Morgan fingerprint density at radius 2 is 2.00 bits per heavy atom. The van der Waals surface area contributed by atoms with Gasteiger partial charge in [-0.05, 0) is 25.0 Å². The summed E-state index contributed by atoms with van der Waals surface area (Å²) in [6.45, 7) is 0. The molecule has 0 radical (unpaired) electrons. The molecule has 1 aromatic carbocycles. The molecule has 15 heavy (non-hydrogen) atoms. The lowest BCUT2D eigenvalue weighted by molar-refractivity contribution is -0.124. The monoisotopic (exact) mass is 213 g/mol. The summed E-state index contributed by atoms with van der Waals surface area (Å²) in [5, 5.41) is 9.78. The third-order valence-electron chi connectivity index (χ3n) is 2.28. The Balaban J connectivity index is 2.20. The second-order valence-corrected chi connectivity index (χ2v) is 3.52. The van der Waals surface area contributed by atoms with Crippen LogP contribution in [0.4, 0.5) is 14.5 Å². The lowest BCUT2D eigenvalue weighted by Crippen LogP contribution is -2.28. The smallest absolute Gasteiger partial charge is 0.253 e. The fraction of sp³-hybridized carbons (Fsp3) is 0.300. The van der Waals surface area contributed by atoms with E-state index in [-0.39, 0.29) is 11.6 Å². The molecule has 1 saturated carbocycles. The molecule has 1 fully saturated rings. The van der Waals surface area contributed by atoms with Gasteiger partial charge in [0.15, 0.2) is 11.6 Å². The van der Waals surface area contributed by atoms with E-state index in [9.17, 15) is 18.8 Å². The van der Waals surface area contributed by atoms with Crippen molar-refractivity contribution in [3.05, 3.63) is 29.8 Å². The van der Waals surface area contributed by atoms with Crippen LogP contribution in [0.3, 0.4) is 0 Å². The molecule has 0 unspecified atom stereocenters. The Bertz CT molecular complexity index is 404. The lowest BCUT2D eigenvalue weighted by Gasteiger charge is -2.14. The normalized spacial score (nSPS) is 15.1. The average molecular weight is 213 g/mol. The zero-order valence-corrected chi connectivity index (χ0v) is 7.78. The van der Waals surface area contributed by atoms with Gasteiger partial charge >= 0.3 is 0 Å². The van der Waals surface area contributed by atoms with E-state index < -0.39 is 17.5 Å². The van der Waals surface area contributed by atoms with E-state index in [1.807, 2.05) is 0 Å². The van der Waals surface area contributed by atoms with Crippen molar-refractivity contribution in [3.8, 4) is 0 Å². The highest BCUT2D eigenvalue weighted by atomic mass is 19.2. The number of nitrogens with zero attached hydrogens (tertiary/aromatic N) is 1. The molecule has 0 saturated heterocycles. The molecular weight excluding hydrogens is 204 g/mol. The van der Waals surface area contributed by atoms with Crippen molar-refractivity contribution in [2.75, 3.05) is 5.06 Å². The molecule has 5 heteroatoms. The first-order valence-electron chi connectivity index (χ1n) is 4.57. The van der Waals surface area contributed by atoms with E-state index >= 15 is 0 Å². The van der Waals surface area contributed by atoms with E-state index in [1.54, 1.807) is 0 Å². The SMILES string of the molecule is O=C(C1CC1)N(O)c1ccc(F)c(F)c1. The molecule has 2 rings (SSSR count). The summed E-state index contributed by atoms with van der Waals surface area (Å²) >= 11 is 0. The molecule has 0 atom stereocenters. The Hall–Kier alpha value is -1.49. The number of anilines is 1. The van der Waals surface area contributed by atoms with Crippen molar-refractivity contribution in [1.29, 1.82) is 0 Å². The van der Waals surface area contributed by atoms with E-state index in [2.05, 4.69) is 0 Å². The van der Waals surface area contributed by atoms with Gasteiger partial charge in [0.1, 0.15) is 0 Å². The van der Waals surface area contributed by atoms with Gasteiger partial charge < -0.3 is 0 Å². The van der Waals surface area contributed by atoms with Crippen LogP contribution in [-0.4, -0.2) is 11.1 Å². The van der Waals surface area contributed by atoms with Crippen LogP contribution in [0.5, 0.6) is 0 Å². The van der Waals surface area contributed by atoms with Gasteiger partial charge in [-0.1, -0.05) is 0 Å². The highest BCUT2D eigenvalue weighted by Gasteiger charge is 2.33. The van der Waals surface area contributed by atoms with E-state index in [4.69, 9.17) is 0 Å². The van der Waals surface area contributed by atoms with E-state index in [0.29, 0.717) is 5.06 Å². The van der Waals surface area contributed by atoms with Gasteiger partial charge in [-0.3, -0.25) is 10.0 Å². The predicted octanol–water partition coefficient (Wildman–Crippen LogP) is 2.10. The number of amides is 1. The number of hydrogen-bond acceptors (Lipinski definition) is 2. The summed E-state index contributed by atoms with van der Waals surface area (Å²) in [5.41, 5.74) is -0.0502. The van der Waals surface area contributed by atoms with Crippen LogP contribution in [0, 0.1) is 17.6 Å². The van der Waals surface area contributed by atoms with Gasteiger partial charge in [-0.25, -0.2) is 8.78 Å². The summed E-state index contributed by atoms with van der Waals surface area (Å²) in [4.78, 5) is 11.4. The van der Waals surface area contributed by atoms with Crippen LogP contribution in [0.2, 0.25) is 0 Å². The van der Waals surface area contributed by atoms with Crippen molar-refractivity contribution in [3.63, 3.8) is 0 Å². The number of carbonyl (C=O) groups excluding carboxylic acids is 1. The van der Waals surface area contributed by atoms with Crippen LogP contribution in [0.15, 0.2) is 18.2 Å². The second-order valence-electron chi connectivity index (χ2n) is 3.52. The van der Waals surface area contributed by atoms with Crippen molar-refractivity contribution in [2.24, 2.45) is 5.92 Å². The van der Waals surface area contributed by atoms with Crippen LogP contribution in [0.1, 0.15) is 12.8 Å². The highest BCUT2D eigenvalue weighted by Crippen LogP contribution is 2.32. The summed E-state index contributed by atoms with van der Waals surface area (Å²) < 4.78 is 25.4.